The molecule has 6 heteroatoms. The van der Waals surface area contributed by atoms with Gasteiger partial charge in [-0.15, -0.1) is 0 Å². The first-order chi connectivity index (χ1) is 7.97. The normalized spacial score (nSPS) is 21.8. The van der Waals surface area contributed by atoms with Crippen LogP contribution in [0.4, 0.5) is 13.2 Å². The number of alkyl halides is 3. The number of halogens is 3. The Kier molecular flexibility index (Phi) is 3.42. The first-order valence-electron chi connectivity index (χ1n) is 5.82. The lowest BCUT2D eigenvalue weighted by Gasteiger charge is -2.23. The lowest BCUT2D eigenvalue weighted by Crippen LogP contribution is -2.37. The van der Waals surface area contributed by atoms with Crippen molar-refractivity contribution in [2.24, 2.45) is 0 Å². The molecule has 1 N–H and O–H groups in total. The van der Waals surface area contributed by atoms with Crippen molar-refractivity contribution in [3.63, 3.8) is 0 Å². The van der Waals surface area contributed by atoms with Crippen molar-refractivity contribution in [2.45, 2.75) is 44.9 Å². The van der Waals surface area contributed by atoms with Gasteiger partial charge in [0.2, 0.25) is 0 Å². The number of nitrogens with one attached hydrogen (secondary N) is 1. The van der Waals surface area contributed by atoms with Gasteiger partial charge in [-0.05, 0) is 32.4 Å². The quantitative estimate of drug-likeness (QED) is 0.869. The van der Waals surface area contributed by atoms with Gasteiger partial charge in [-0.3, -0.25) is 4.68 Å². The fraction of sp³-hybridized carbons (Fsp3) is 0.727. The fourth-order valence-corrected chi connectivity index (χ4v) is 2.12. The Morgan fingerprint density at radius 1 is 1.47 bits per heavy atom. The van der Waals surface area contributed by atoms with E-state index < -0.39 is 11.9 Å². The first-order valence-corrected chi connectivity index (χ1v) is 5.82. The Morgan fingerprint density at radius 3 is 2.76 bits per heavy atom. The number of hydrogen-bond acceptors (Lipinski definition) is 2. The molecule has 0 spiro atoms. The maximum absolute atomic E-state index is 12.5. The van der Waals surface area contributed by atoms with Crippen LogP contribution in [-0.4, -0.2) is 22.4 Å². The van der Waals surface area contributed by atoms with Crippen LogP contribution in [0.2, 0.25) is 0 Å². The van der Waals surface area contributed by atoms with Crippen LogP contribution < -0.4 is 5.32 Å². The number of aromatic nitrogens is 2. The van der Waals surface area contributed by atoms with Gasteiger partial charge in [-0.25, -0.2) is 0 Å². The van der Waals surface area contributed by atoms with Crippen molar-refractivity contribution in [1.29, 1.82) is 0 Å². The molecule has 1 saturated heterocycles. The average Bonchev–Trinajstić information content (AvgIpc) is 2.62. The standard InChI is InChI=1S/C11H16F3N3/c1-8-6-10(11(12,13)14)16-17(8)7-9-4-2-3-5-15-9/h6,9,15H,2-5,7H2,1H3/t9-/m1/s1. The predicted octanol–water partition coefficient (Wildman–Crippen LogP) is 2.35. The highest BCUT2D eigenvalue weighted by Crippen LogP contribution is 2.28. The summed E-state index contributed by atoms with van der Waals surface area (Å²) in [6, 6.07) is 1.34. The van der Waals surface area contributed by atoms with Gasteiger partial charge in [0, 0.05) is 11.7 Å². The van der Waals surface area contributed by atoms with Crippen molar-refractivity contribution in [2.75, 3.05) is 6.54 Å². The monoisotopic (exact) mass is 247 g/mol. The van der Waals surface area contributed by atoms with Gasteiger partial charge in [0.25, 0.3) is 0 Å². The molecule has 3 nitrogen and oxygen atoms in total. The molecule has 0 radical (unpaired) electrons. The Hall–Kier alpha value is -1.04. The Bertz CT molecular complexity index is 378. The molecule has 1 aliphatic rings. The molecule has 96 valence electrons. The lowest BCUT2D eigenvalue weighted by atomic mass is 10.1. The van der Waals surface area contributed by atoms with Gasteiger partial charge < -0.3 is 5.32 Å². The molecular weight excluding hydrogens is 231 g/mol. The highest BCUT2D eigenvalue weighted by atomic mass is 19.4. The minimum absolute atomic E-state index is 0.239. The number of aryl methyl sites for hydroxylation is 1. The second-order valence-corrected chi connectivity index (χ2v) is 4.50. The van der Waals surface area contributed by atoms with E-state index in [0.29, 0.717) is 12.2 Å². The molecule has 17 heavy (non-hydrogen) atoms. The van der Waals surface area contributed by atoms with E-state index >= 15 is 0 Å². The van der Waals surface area contributed by atoms with E-state index in [9.17, 15) is 13.2 Å². The van der Waals surface area contributed by atoms with Crippen molar-refractivity contribution in [1.82, 2.24) is 15.1 Å². The SMILES string of the molecule is Cc1cc(C(F)(F)F)nn1C[C@H]1CCCCN1. The zero-order chi connectivity index (χ0) is 12.5. The second-order valence-electron chi connectivity index (χ2n) is 4.50. The molecule has 0 unspecified atom stereocenters. The number of hydrogen-bond donors (Lipinski definition) is 1. The molecule has 0 amide bonds. The predicted molar refractivity (Wildman–Crippen MR) is 57.6 cm³/mol. The summed E-state index contributed by atoms with van der Waals surface area (Å²) in [4.78, 5) is 0. The van der Waals surface area contributed by atoms with E-state index in [2.05, 4.69) is 10.4 Å². The molecule has 1 aliphatic heterocycles. The van der Waals surface area contributed by atoms with Crippen molar-refractivity contribution in [3.05, 3.63) is 17.5 Å². The van der Waals surface area contributed by atoms with E-state index in [0.717, 1.165) is 31.9 Å². The van der Waals surface area contributed by atoms with Gasteiger partial charge in [0.15, 0.2) is 5.69 Å². The van der Waals surface area contributed by atoms with E-state index in [-0.39, 0.29) is 6.04 Å². The fourth-order valence-electron chi connectivity index (χ4n) is 2.12. The van der Waals surface area contributed by atoms with Gasteiger partial charge in [0.05, 0.1) is 6.54 Å². The third-order valence-electron chi connectivity index (χ3n) is 3.08. The summed E-state index contributed by atoms with van der Waals surface area (Å²) in [6.45, 7) is 3.12. The first kappa shape index (κ1) is 12.4. The zero-order valence-corrected chi connectivity index (χ0v) is 9.72. The summed E-state index contributed by atoms with van der Waals surface area (Å²) in [5.74, 6) is 0. The van der Waals surface area contributed by atoms with E-state index in [1.165, 1.54) is 4.68 Å². The summed E-state index contributed by atoms with van der Waals surface area (Å²) in [7, 11) is 0. The van der Waals surface area contributed by atoms with Gasteiger partial charge in [0.1, 0.15) is 0 Å². The number of rotatable bonds is 2. The van der Waals surface area contributed by atoms with Crippen molar-refractivity contribution >= 4 is 0 Å². The summed E-state index contributed by atoms with van der Waals surface area (Å²) >= 11 is 0. The van der Waals surface area contributed by atoms with Crippen LogP contribution in [0.15, 0.2) is 6.07 Å². The number of piperidine rings is 1. The van der Waals surface area contributed by atoms with Gasteiger partial charge in [-0.1, -0.05) is 6.42 Å². The van der Waals surface area contributed by atoms with Crippen LogP contribution in [-0.2, 0) is 12.7 Å². The second kappa shape index (κ2) is 4.68. The highest BCUT2D eigenvalue weighted by Gasteiger charge is 2.34. The molecular formula is C11H16F3N3. The van der Waals surface area contributed by atoms with Crippen LogP contribution in [0.25, 0.3) is 0 Å². The summed E-state index contributed by atoms with van der Waals surface area (Å²) in [5, 5.41) is 6.93. The third-order valence-corrected chi connectivity index (χ3v) is 3.08. The minimum Gasteiger partial charge on any atom is -0.312 e. The van der Waals surface area contributed by atoms with Crippen LogP contribution in [0.1, 0.15) is 30.7 Å². The van der Waals surface area contributed by atoms with E-state index in [4.69, 9.17) is 0 Å². The Morgan fingerprint density at radius 2 is 2.24 bits per heavy atom. The van der Waals surface area contributed by atoms with Crippen LogP contribution >= 0.6 is 0 Å². The molecule has 1 aromatic rings. The van der Waals surface area contributed by atoms with Crippen LogP contribution in [0, 0.1) is 6.92 Å². The molecule has 0 bridgehead atoms. The lowest BCUT2D eigenvalue weighted by molar-refractivity contribution is -0.141. The topological polar surface area (TPSA) is 29.9 Å². The van der Waals surface area contributed by atoms with Crippen molar-refractivity contribution in [3.8, 4) is 0 Å². The largest absolute Gasteiger partial charge is 0.435 e. The molecule has 1 fully saturated rings. The molecule has 2 rings (SSSR count). The highest BCUT2D eigenvalue weighted by molar-refractivity contribution is 5.11. The zero-order valence-electron chi connectivity index (χ0n) is 9.72. The molecule has 0 saturated carbocycles. The molecule has 1 aromatic heterocycles. The maximum Gasteiger partial charge on any atom is 0.435 e. The minimum atomic E-state index is -4.35. The molecule has 2 heterocycles. The van der Waals surface area contributed by atoms with Crippen molar-refractivity contribution < 1.29 is 13.2 Å². The molecule has 0 aromatic carbocycles. The van der Waals surface area contributed by atoms with E-state index in [1.54, 1.807) is 6.92 Å². The Labute approximate surface area is 98.0 Å². The average molecular weight is 247 g/mol. The molecule has 0 aliphatic carbocycles. The summed E-state index contributed by atoms with van der Waals surface area (Å²) < 4.78 is 38.9. The maximum atomic E-state index is 12.5. The Balaban J connectivity index is 2.07. The molecule has 1 atom stereocenters. The van der Waals surface area contributed by atoms with Crippen LogP contribution in [0.5, 0.6) is 0 Å². The van der Waals surface area contributed by atoms with Gasteiger partial charge in [-0.2, -0.15) is 18.3 Å². The summed E-state index contributed by atoms with van der Waals surface area (Å²) in [6.07, 6.45) is -1.08. The smallest absolute Gasteiger partial charge is 0.312 e. The summed E-state index contributed by atoms with van der Waals surface area (Å²) in [5.41, 5.74) is -0.240. The third kappa shape index (κ3) is 3.00. The van der Waals surface area contributed by atoms with Gasteiger partial charge >= 0.3 is 6.18 Å². The van der Waals surface area contributed by atoms with Crippen LogP contribution in [0.3, 0.4) is 0 Å². The van der Waals surface area contributed by atoms with E-state index in [1.807, 2.05) is 0 Å². The number of nitrogens with zero attached hydrogens (tertiary/aromatic N) is 2.